The number of esters is 1. The topological polar surface area (TPSA) is 83.0 Å². The van der Waals surface area contributed by atoms with Crippen LogP contribution in [0.25, 0.3) is 0 Å². The molecule has 6 nitrogen and oxygen atoms in total. The second kappa shape index (κ2) is 10.5. The van der Waals surface area contributed by atoms with E-state index < -0.39 is 11.2 Å². The minimum absolute atomic E-state index is 0.0490. The van der Waals surface area contributed by atoms with E-state index in [1.165, 1.54) is 0 Å². The van der Waals surface area contributed by atoms with Crippen molar-refractivity contribution in [3.63, 3.8) is 0 Å². The van der Waals surface area contributed by atoms with Gasteiger partial charge in [-0.3, -0.25) is 4.79 Å². The molecule has 0 aliphatic carbocycles. The Morgan fingerprint density at radius 2 is 1.65 bits per heavy atom. The fraction of sp³-hybridized carbons (Fsp3) is 0.882. The number of ether oxygens (including phenoxy) is 1. The Bertz CT molecular complexity index is 370. The largest absolute Gasteiger partial charge is 0.459 e. The molecule has 0 fully saturated rings. The highest BCUT2D eigenvalue weighted by Gasteiger charge is 2.25. The summed E-state index contributed by atoms with van der Waals surface area (Å²) < 4.78 is 5.24. The molecule has 0 aromatic heterocycles. The van der Waals surface area contributed by atoms with Crippen molar-refractivity contribution in [2.24, 2.45) is 4.99 Å². The predicted molar refractivity (Wildman–Crippen MR) is 94.6 cm³/mol. The molecule has 0 unspecified atom stereocenters. The van der Waals surface area contributed by atoms with E-state index in [9.17, 15) is 9.90 Å². The summed E-state index contributed by atoms with van der Waals surface area (Å²) in [6.45, 7) is 12.6. The zero-order valence-electron chi connectivity index (χ0n) is 15.7. The van der Waals surface area contributed by atoms with Crippen LogP contribution >= 0.6 is 0 Å². The molecule has 0 aliphatic heterocycles. The smallest absolute Gasteiger partial charge is 0.328 e. The summed E-state index contributed by atoms with van der Waals surface area (Å²) >= 11 is 0. The Labute approximate surface area is 141 Å². The molecule has 0 heterocycles. The van der Waals surface area contributed by atoms with E-state index in [1.807, 2.05) is 27.7 Å². The SMILES string of the molecule is CCCC(O)(CCC)CNC(=NCC(=O)OC(C)(C)C)NCC. The van der Waals surface area contributed by atoms with Gasteiger partial charge in [0.2, 0.25) is 0 Å². The Kier molecular flexibility index (Phi) is 9.88. The van der Waals surface area contributed by atoms with Crippen LogP contribution in [0.3, 0.4) is 0 Å². The van der Waals surface area contributed by atoms with Gasteiger partial charge in [-0.25, -0.2) is 4.99 Å². The van der Waals surface area contributed by atoms with E-state index in [0.29, 0.717) is 19.0 Å². The molecular weight excluding hydrogens is 294 g/mol. The van der Waals surface area contributed by atoms with Gasteiger partial charge in [-0.2, -0.15) is 0 Å². The van der Waals surface area contributed by atoms with Crippen molar-refractivity contribution < 1.29 is 14.6 Å². The van der Waals surface area contributed by atoms with Crippen molar-refractivity contribution >= 4 is 11.9 Å². The third-order valence-corrected chi connectivity index (χ3v) is 3.15. The zero-order chi connectivity index (χ0) is 17.9. The molecule has 0 aromatic carbocycles. The number of nitrogens with one attached hydrogen (secondary N) is 2. The van der Waals surface area contributed by atoms with Gasteiger partial charge in [0.15, 0.2) is 5.96 Å². The molecular formula is C17H35N3O3. The lowest BCUT2D eigenvalue weighted by atomic mass is 9.93. The van der Waals surface area contributed by atoms with Crippen LogP contribution in [0.15, 0.2) is 4.99 Å². The lowest BCUT2D eigenvalue weighted by Gasteiger charge is -2.28. The highest BCUT2D eigenvalue weighted by atomic mass is 16.6. The Morgan fingerprint density at radius 3 is 2.09 bits per heavy atom. The molecule has 0 spiro atoms. The molecule has 0 saturated carbocycles. The average molecular weight is 329 g/mol. The fourth-order valence-electron chi connectivity index (χ4n) is 2.34. The summed E-state index contributed by atoms with van der Waals surface area (Å²) in [7, 11) is 0. The zero-order valence-corrected chi connectivity index (χ0v) is 15.7. The summed E-state index contributed by atoms with van der Waals surface area (Å²) in [4.78, 5) is 16.0. The highest BCUT2D eigenvalue weighted by Crippen LogP contribution is 2.18. The first-order chi connectivity index (χ1) is 10.7. The lowest BCUT2D eigenvalue weighted by Crippen LogP contribution is -2.47. The molecule has 0 aromatic rings. The standard InChI is InChI=1S/C17H35N3O3/c1-7-10-17(22,11-8-2)13-20-15(18-9-3)19-12-14(21)23-16(4,5)6/h22H,7-13H2,1-6H3,(H2,18,19,20). The van der Waals surface area contributed by atoms with Gasteiger partial charge in [0.1, 0.15) is 12.1 Å². The molecule has 23 heavy (non-hydrogen) atoms. The number of nitrogens with zero attached hydrogens (tertiary/aromatic N) is 1. The van der Waals surface area contributed by atoms with Crippen molar-refractivity contribution in [1.29, 1.82) is 0 Å². The van der Waals surface area contributed by atoms with E-state index in [2.05, 4.69) is 29.5 Å². The molecule has 0 rings (SSSR count). The highest BCUT2D eigenvalue weighted by molar-refractivity contribution is 5.83. The first kappa shape index (κ1) is 21.7. The van der Waals surface area contributed by atoms with Gasteiger partial charge in [0, 0.05) is 13.1 Å². The summed E-state index contributed by atoms with van der Waals surface area (Å²) in [6, 6.07) is 0. The van der Waals surface area contributed by atoms with E-state index in [1.54, 1.807) is 0 Å². The van der Waals surface area contributed by atoms with Crippen LogP contribution in [0.4, 0.5) is 0 Å². The van der Waals surface area contributed by atoms with Crippen LogP contribution in [0, 0.1) is 0 Å². The first-order valence-electron chi connectivity index (χ1n) is 8.62. The fourth-order valence-corrected chi connectivity index (χ4v) is 2.34. The third-order valence-electron chi connectivity index (χ3n) is 3.15. The number of aliphatic imine (C=N–C) groups is 1. The molecule has 0 bridgehead atoms. The van der Waals surface area contributed by atoms with Gasteiger partial charge in [-0.05, 0) is 40.5 Å². The van der Waals surface area contributed by atoms with Gasteiger partial charge in [-0.15, -0.1) is 0 Å². The van der Waals surface area contributed by atoms with E-state index in [4.69, 9.17) is 4.74 Å². The number of rotatable bonds is 9. The van der Waals surface area contributed by atoms with Crippen LogP contribution in [0.2, 0.25) is 0 Å². The van der Waals surface area contributed by atoms with Crippen molar-refractivity contribution in [3.8, 4) is 0 Å². The summed E-state index contributed by atoms with van der Waals surface area (Å²) in [5.74, 6) is 0.149. The minimum Gasteiger partial charge on any atom is -0.459 e. The van der Waals surface area contributed by atoms with Crippen molar-refractivity contribution in [1.82, 2.24) is 10.6 Å². The van der Waals surface area contributed by atoms with Crippen molar-refractivity contribution in [2.45, 2.75) is 78.4 Å². The van der Waals surface area contributed by atoms with Crippen LogP contribution in [0.5, 0.6) is 0 Å². The molecule has 0 amide bonds. The number of aliphatic hydroxyl groups is 1. The molecule has 0 aliphatic rings. The monoisotopic (exact) mass is 329 g/mol. The van der Waals surface area contributed by atoms with E-state index in [-0.39, 0.29) is 12.5 Å². The molecule has 136 valence electrons. The first-order valence-corrected chi connectivity index (χ1v) is 8.62. The summed E-state index contributed by atoms with van der Waals surface area (Å²) in [6.07, 6.45) is 3.31. The maximum Gasteiger partial charge on any atom is 0.328 e. The predicted octanol–water partition coefficient (Wildman–Crippen LogP) is 2.21. The normalized spacial score (nSPS) is 12.9. The minimum atomic E-state index is -0.744. The van der Waals surface area contributed by atoms with E-state index in [0.717, 1.165) is 25.7 Å². The summed E-state index contributed by atoms with van der Waals surface area (Å²) in [5, 5.41) is 16.8. The average Bonchev–Trinajstić information content (AvgIpc) is 2.40. The molecule has 0 atom stereocenters. The van der Waals surface area contributed by atoms with Crippen LogP contribution < -0.4 is 10.6 Å². The number of carbonyl (C=O) groups is 1. The van der Waals surface area contributed by atoms with Gasteiger partial charge in [-0.1, -0.05) is 26.7 Å². The quantitative estimate of drug-likeness (QED) is 0.343. The Balaban J connectivity index is 4.65. The lowest BCUT2D eigenvalue weighted by molar-refractivity contribution is -0.152. The summed E-state index contributed by atoms with van der Waals surface area (Å²) in [5.41, 5.74) is -1.26. The van der Waals surface area contributed by atoms with Crippen molar-refractivity contribution in [3.05, 3.63) is 0 Å². The molecule has 3 N–H and O–H groups in total. The third kappa shape index (κ3) is 11.0. The van der Waals surface area contributed by atoms with E-state index >= 15 is 0 Å². The van der Waals surface area contributed by atoms with Gasteiger partial charge < -0.3 is 20.5 Å². The maximum atomic E-state index is 11.7. The van der Waals surface area contributed by atoms with Crippen LogP contribution in [-0.4, -0.2) is 47.9 Å². The number of carbonyl (C=O) groups excluding carboxylic acids is 1. The number of guanidine groups is 1. The van der Waals surface area contributed by atoms with Crippen LogP contribution in [-0.2, 0) is 9.53 Å². The number of hydrogen-bond acceptors (Lipinski definition) is 4. The second-order valence-electron chi connectivity index (χ2n) is 6.86. The Morgan fingerprint density at radius 1 is 1.09 bits per heavy atom. The molecule has 0 radical (unpaired) electrons. The van der Waals surface area contributed by atoms with Crippen molar-refractivity contribution in [2.75, 3.05) is 19.6 Å². The van der Waals surface area contributed by atoms with Gasteiger partial charge in [0.25, 0.3) is 0 Å². The van der Waals surface area contributed by atoms with Gasteiger partial charge >= 0.3 is 5.97 Å². The van der Waals surface area contributed by atoms with Gasteiger partial charge in [0.05, 0.1) is 5.60 Å². The maximum absolute atomic E-state index is 11.7. The molecule has 6 heteroatoms. The molecule has 0 saturated heterocycles. The Hall–Kier alpha value is -1.30. The number of hydrogen-bond donors (Lipinski definition) is 3. The second-order valence-corrected chi connectivity index (χ2v) is 6.86. The van der Waals surface area contributed by atoms with Crippen LogP contribution in [0.1, 0.15) is 67.2 Å².